The Hall–Kier alpha value is -0.560. The fourth-order valence-electron chi connectivity index (χ4n) is 1.52. The zero-order chi connectivity index (χ0) is 15.8. The zero-order valence-electron chi connectivity index (χ0n) is 12.8. The van der Waals surface area contributed by atoms with Gasteiger partial charge < -0.3 is 15.2 Å². The van der Waals surface area contributed by atoms with Gasteiger partial charge in [0.2, 0.25) is 0 Å². The molecule has 1 amide bonds. The van der Waals surface area contributed by atoms with Gasteiger partial charge in [-0.3, -0.25) is 0 Å². The summed E-state index contributed by atoms with van der Waals surface area (Å²) in [6.07, 6.45) is 3.44. The molecule has 0 fully saturated rings. The van der Waals surface area contributed by atoms with E-state index in [-0.39, 0.29) is 0 Å². The lowest BCUT2D eigenvalue weighted by molar-refractivity contribution is -0.139. The standard InChI is InChI=1S/C13H25NO4S2/c1-6-9(20-19-5)7-8-10(11(15)16)14-12(17)18-13(2,3)4/h9-10H,6-8H2,1-5H3,(H,14,17)(H,15,16). The molecule has 2 atom stereocenters. The highest BCUT2D eigenvalue weighted by Crippen LogP contribution is 2.29. The number of alkyl carbamates (subject to hydrolysis) is 1. The van der Waals surface area contributed by atoms with Crippen LogP contribution in [0.25, 0.3) is 0 Å². The molecule has 0 aliphatic carbocycles. The molecule has 0 saturated heterocycles. The Kier molecular flexibility index (Phi) is 9.13. The fourth-order valence-corrected chi connectivity index (χ4v) is 3.67. The van der Waals surface area contributed by atoms with Gasteiger partial charge in [0.05, 0.1) is 0 Å². The van der Waals surface area contributed by atoms with Crippen LogP contribution in [0.1, 0.15) is 47.0 Å². The summed E-state index contributed by atoms with van der Waals surface area (Å²) in [5.74, 6) is -1.03. The molecule has 0 heterocycles. The molecule has 0 bridgehead atoms. The van der Waals surface area contributed by atoms with Crippen molar-refractivity contribution in [2.24, 2.45) is 0 Å². The number of hydrogen-bond donors (Lipinski definition) is 2. The predicted octanol–water partition coefficient (Wildman–Crippen LogP) is 3.53. The van der Waals surface area contributed by atoms with Gasteiger partial charge in [-0.2, -0.15) is 0 Å². The number of carboxylic acids is 1. The number of hydrogen-bond acceptors (Lipinski definition) is 5. The highest BCUT2D eigenvalue weighted by molar-refractivity contribution is 8.76. The van der Waals surface area contributed by atoms with Crippen molar-refractivity contribution in [3.63, 3.8) is 0 Å². The first-order valence-electron chi connectivity index (χ1n) is 6.61. The van der Waals surface area contributed by atoms with Gasteiger partial charge in [0, 0.05) is 5.25 Å². The highest BCUT2D eigenvalue weighted by atomic mass is 33.1. The molecule has 0 spiro atoms. The molecule has 5 nitrogen and oxygen atoms in total. The molecule has 0 saturated carbocycles. The Labute approximate surface area is 129 Å². The molecule has 2 N–H and O–H groups in total. The first-order valence-corrected chi connectivity index (χ1v) is 9.23. The maximum Gasteiger partial charge on any atom is 0.408 e. The number of carbonyl (C=O) groups is 2. The Balaban J connectivity index is 4.37. The number of ether oxygens (including phenoxy) is 1. The minimum Gasteiger partial charge on any atom is -0.480 e. The average Bonchev–Trinajstić information content (AvgIpc) is 2.29. The van der Waals surface area contributed by atoms with Gasteiger partial charge in [-0.1, -0.05) is 28.5 Å². The minimum atomic E-state index is -1.03. The number of amides is 1. The van der Waals surface area contributed by atoms with Crippen LogP contribution in [0.2, 0.25) is 0 Å². The van der Waals surface area contributed by atoms with Crippen molar-refractivity contribution in [1.29, 1.82) is 0 Å². The topological polar surface area (TPSA) is 75.6 Å². The predicted molar refractivity (Wildman–Crippen MR) is 85.2 cm³/mol. The van der Waals surface area contributed by atoms with Gasteiger partial charge in [-0.05, 0) is 46.3 Å². The van der Waals surface area contributed by atoms with E-state index in [1.54, 1.807) is 42.4 Å². The quantitative estimate of drug-likeness (QED) is 0.666. The van der Waals surface area contributed by atoms with Crippen LogP contribution in [0, 0.1) is 0 Å². The molecule has 0 aromatic carbocycles. The zero-order valence-corrected chi connectivity index (χ0v) is 14.4. The van der Waals surface area contributed by atoms with Crippen LogP contribution in [-0.2, 0) is 9.53 Å². The summed E-state index contributed by atoms with van der Waals surface area (Å²) < 4.78 is 5.08. The first kappa shape index (κ1) is 19.4. The van der Waals surface area contributed by atoms with Gasteiger partial charge in [0.25, 0.3) is 0 Å². The molecule has 2 unspecified atom stereocenters. The lowest BCUT2D eigenvalue weighted by atomic mass is 10.1. The maximum atomic E-state index is 11.6. The van der Waals surface area contributed by atoms with E-state index in [9.17, 15) is 9.59 Å². The summed E-state index contributed by atoms with van der Waals surface area (Å²) in [4.78, 5) is 22.8. The van der Waals surface area contributed by atoms with Crippen molar-refractivity contribution in [3.8, 4) is 0 Å². The van der Waals surface area contributed by atoms with Crippen LogP contribution in [-0.4, -0.2) is 40.3 Å². The summed E-state index contributed by atoms with van der Waals surface area (Å²) in [6.45, 7) is 7.30. The van der Waals surface area contributed by atoms with Gasteiger partial charge in [-0.15, -0.1) is 0 Å². The summed E-state index contributed by atoms with van der Waals surface area (Å²) in [5.41, 5.74) is -0.631. The Morgan fingerprint density at radius 1 is 1.30 bits per heavy atom. The number of carbonyl (C=O) groups excluding carboxylic acids is 1. The van der Waals surface area contributed by atoms with Gasteiger partial charge >= 0.3 is 12.1 Å². The van der Waals surface area contributed by atoms with E-state index in [0.29, 0.717) is 11.7 Å². The summed E-state index contributed by atoms with van der Waals surface area (Å²) in [6, 6.07) is -0.902. The molecule has 0 rings (SSSR count). The van der Waals surface area contributed by atoms with Crippen molar-refractivity contribution in [2.75, 3.05) is 6.26 Å². The molecule has 0 aromatic rings. The van der Waals surface area contributed by atoms with Gasteiger partial charge in [0.15, 0.2) is 0 Å². The third-order valence-electron chi connectivity index (χ3n) is 2.45. The number of nitrogens with one attached hydrogen (secondary N) is 1. The third kappa shape index (κ3) is 9.36. The van der Waals surface area contributed by atoms with Crippen molar-refractivity contribution < 1.29 is 19.4 Å². The molecule has 0 aliphatic heterocycles. The molecule has 20 heavy (non-hydrogen) atoms. The molecule has 118 valence electrons. The van der Waals surface area contributed by atoms with E-state index in [2.05, 4.69) is 12.2 Å². The molecule has 0 radical (unpaired) electrons. The van der Waals surface area contributed by atoms with Crippen molar-refractivity contribution >= 4 is 33.7 Å². The molecule has 0 aromatic heterocycles. The monoisotopic (exact) mass is 323 g/mol. The first-order chi connectivity index (χ1) is 9.19. The smallest absolute Gasteiger partial charge is 0.408 e. The molecule has 0 aliphatic rings. The van der Waals surface area contributed by atoms with Gasteiger partial charge in [0.1, 0.15) is 11.6 Å². The number of aliphatic carboxylic acids is 1. The SMILES string of the molecule is CCC(CCC(NC(=O)OC(C)(C)C)C(=O)O)SSC. The summed E-state index contributed by atoms with van der Waals surface area (Å²) in [5, 5.41) is 12.0. The molecule has 7 heteroatoms. The maximum absolute atomic E-state index is 11.6. The number of carboxylic acid groups (broad SMARTS) is 1. The largest absolute Gasteiger partial charge is 0.480 e. The third-order valence-corrected chi connectivity index (χ3v) is 4.88. The van der Waals surface area contributed by atoms with Crippen LogP contribution in [0.4, 0.5) is 4.79 Å². The summed E-state index contributed by atoms with van der Waals surface area (Å²) >= 11 is 0. The number of rotatable bonds is 8. The van der Waals surface area contributed by atoms with Crippen LogP contribution in [0.15, 0.2) is 0 Å². The second-order valence-electron chi connectivity index (χ2n) is 5.41. The Bertz CT molecular complexity index is 318. The van der Waals surface area contributed by atoms with E-state index in [0.717, 1.165) is 12.8 Å². The minimum absolute atomic E-state index is 0.396. The normalized spacial score (nSPS) is 14.4. The summed E-state index contributed by atoms with van der Waals surface area (Å²) in [7, 11) is 3.41. The highest BCUT2D eigenvalue weighted by Gasteiger charge is 2.24. The molecular weight excluding hydrogens is 298 g/mol. The van der Waals surface area contributed by atoms with Crippen molar-refractivity contribution in [3.05, 3.63) is 0 Å². The average molecular weight is 323 g/mol. The van der Waals surface area contributed by atoms with E-state index < -0.39 is 23.7 Å². The Morgan fingerprint density at radius 3 is 2.30 bits per heavy atom. The van der Waals surface area contributed by atoms with E-state index in [1.807, 2.05) is 6.26 Å². The van der Waals surface area contributed by atoms with E-state index >= 15 is 0 Å². The van der Waals surface area contributed by atoms with Crippen molar-refractivity contribution in [1.82, 2.24) is 5.32 Å². The lowest BCUT2D eigenvalue weighted by Crippen LogP contribution is -2.43. The lowest BCUT2D eigenvalue weighted by Gasteiger charge is -2.22. The second-order valence-corrected chi connectivity index (χ2v) is 8.18. The van der Waals surface area contributed by atoms with Crippen molar-refractivity contribution in [2.45, 2.75) is 63.9 Å². The van der Waals surface area contributed by atoms with E-state index in [4.69, 9.17) is 9.84 Å². The molecular formula is C13H25NO4S2. The van der Waals surface area contributed by atoms with Crippen LogP contribution in [0.5, 0.6) is 0 Å². The van der Waals surface area contributed by atoms with Crippen LogP contribution < -0.4 is 5.32 Å². The second kappa shape index (κ2) is 9.39. The van der Waals surface area contributed by atoms with Gasteiger partial charge in [-0.25, -0.2) is 9.59 Å². The fraction of sp³-hybridized carbons (Fsp3) is 0.846. The van der Waals surface area contributed by atoms with Crippen LogP contribution in [0.3, 0.4) is 0 Å². The Morgan fingerprint density at radius 2 is 1.90 bits per heavy atom. The van der Waals surface area contributed by atoms with Crippen LogP contribution >= 0.6 is 21.6 Å². The van der Waals surface area contributed by atoms with E-state index in [1.165, 1.54) is 0 Å².